The topological polar surface area (TPSA) is 60.2 Å². The highest BCUT2D eigenvalue weighted by Gasteiger charge is 2.24. The molecule has 0 atom stereocenters. The van der Waals surface area contributed by atoms with E-state index in [-0.39, 0.29) is 18.3 Å². The van der Waals surface area contributed by atoms with E-state index in [1.807, 2.05) is 23.1 Å². The molecule has 156 valence electrons. The molecule has 6 nitrogen and oxygen atoms in total. The summed E-state index contributed by atoms with van der Waals surface area (Å²) in [5.74, 6) is 1.60. The summed E-state index contributed by atoms with van der Waals surface area (Å²) in [6.07, 6.45) is 4.51. The highest BCUT2D eigenvalue weighted by molar-refractivity contribution is 5.77. The molecule has 0 unspecified atom stereocenters. The summed E-state index contributed by atoms with van der Waals surface area (Å²) in [6, 6.07) is 16.0. The molecule has 1 fully saturated rings. The van der Waals surface area contributed by atoms with Gasteiger partial charge in [0.25, 0.3) is 5.91 Å². The van der Waals surface area contributed by atoms with Gasteiger partial charge in [-0.1, -0.05) is 30.3 Å². The first-order chi connectivity index (χ1) is 14.7. The lowest BCUT2D eigenvalue weighted by Gasteiger charge is -2.31. The molecule has 4 rings (SSSR count). The zero-order chi connectivity index (χ0) is 20.8. The van der Waals surface area contributed by atoms with Crippen LogP contribution in [0.25, 0.3) is 0 Å². The predicted molar refractivity (Wildman–Crippen MR) is 110 cm³/mol. The fourth-order valence-electron chi connectivity index (χ4n) is 3.76. The van der Waals surface area contributed by atoms with Crippen LogP contribution in [0.15, 0.2) is 60.9 Å². The van der Waals surface area contributed by atoms with Crippen molar-refractivity contribution >= 4 is 5.91 Å². The summed E-state index contributed by atoms with van der Waals surface area (Å²) in [6.45, 7) is 2.16. The minimum Gasteiger partial charge on any atom is -0.484 e. The number of amides is 1. The Kier molecular flexibility index (Phi) is 6.37. The van der Waals surface area contributed by atoms with Gasteiger partial charge in [-0.25, -0.2) is 4.39 Å². The van der Waals surface area contributed by atoms with Crippen molar-refractivity contribution in [2.75, 3.05) is 19.7 Å². The first-order valence-corrected chi connectivity index (χ1v) is 10.2. The lowest BCUT2D eigenvalue weighted by atomic mass is 9.93. The van der Waals surface area contributed by atoms with E-state index < -0.39 is 0 Å². The number of benzene rings is 2. The third kappa shape index (κ3) is 5.23. The summed E-state index contributed by atoms with van der Waals surface area (Å²) in [7, 11) is 0. The van der Waals surface area contributed by atoms with Crippen LogP contribution in [-0.4, -0.2) is 45.3 Å². The Morgan fingerprint density at radius 1 is 1.07 bits per heavy atom. The Balaban J connectivity index is 1.24. The fraction of sp³-hybridized carbons (Fsp3) is 0.348. The van der Waals surface area contributed by atoms with Crippen molar-refractivity contribution in [2.24, 2.45) is 5.92 Å². The summed E-state index contributed by atoms with van der Waals surface area (Å²) < 4.78 is 20.5. The molecule has 1 saturated heterocycles. The van der Waals surface area contributed by atoms with Gasteiger partial charge in [0.05, 0.1) is 6.54 Å². The summed E-state index contributed by atoms with van der Waals surface area (Å²) in [5, 5.41) is 8.41. The molecule has 1 aliphatic heterocycles. The number of piperidine rings is 1. The number of nitrogens with zero attached hydrogens (tertiary/aromatic N) is 4. The van der Waals surface area contributed by atoms with Gasteiger partial charge < -0.3 is 14.2 Å². The van der Waals surface area contributed by atoms with E-state index in [1.165, 1.54) is 29.8 Å². The van der Waals surface area contributed by atoms with Crippen LogP contribution < -0.4 is 4.74 Å². The fourth-order valence-corrected chi connectivity index (χ4v) is 3.76. The molecule has 0 aliphatic carbocycles. The number of hydrogen-bond donors (Lipinski definition) is 0. The van der Waals surface area contributed by atoms with E-state index in [4.69, 9.17) is 4.74 Å². The van der Waals surface area contributed by atoms with Gasteiger partial charge in [-0.2, -0.15) is 0 Å². The third-order valence-electron chi connectivity index (χ3n) is 5.51. The SMILES string of the molecule is O=C(COc1ccc(F)cc1)N1CCC(Cc2nncn2Cc2ccccc2)CC1. The molecule has 0 bridgehead atoms. The first-order valence-electron chi connectivity index (χ1n) is 10.2. The summed E-state index contributed by atoms with van der Waals surface area (Å²) in [5.41, 5.74) is 1.22. The van der Waals surface area contributed by atoms with Crippen LogP contribution in [0.3, 0.4) is 0 Å². The monoisotopic (exact) mass is 408 g/mol. The standard InChI is InChI=1S/C23H25FN4O2/c24-20-6-8-21(9-7-20)30-16-23(29)27-12-10-18(11-13-27)14-22-26-25-17-28(22)15-19-4-2-1-3-5-19/h1-9,17-18H,10-16H2. The number of hydrogen-bond acceptors (Lipinski definition) is 4. The normalized spacial score (nSPS) is 14.6. The average molecular weight is 408 g/mol. The van der Waals surface area contributed by atoms with Crippen LogP contribution in [0.5, 0.6) is 5.75 Å². The molecular weight excluding hydrogens is 383 g/mol. The molecule has 0 spiro atoms. The second-order valence-corrected chi connectivity index (χ2v) is 7.63. The van der Waals surface area contributed by atoms with Gasteiger partial charge in [0.2, 0.25) is 0 Å². The smallest absolute Gasteiger partial charge is 0.260 e. The molecule has 30 heavy (non-hydrogen) atoms. The minimum absolute atomic E-state index is 0.0261. The molecule has 3 aromatic rings. The third-order valence-corrected chi connectivity index (χ3v) is 5.51. The van der Waals surface area contributed by atoms with Crippen molar-refractivity contribution in [1.29, 1.82) is 0 Å². The van der Waals surface area contributed by atoms with E-state index in [0.717, 1.165) is 31.6 Å². The van der Waals surface area contributed by atoms with Crippen molar-refractivity contribution in [3.05, 3.63) is 78.1 Å². The number of carbonyl (C=O) groups excluding carboxylic acids is 1. The zero-order valence-electron chi connectivity index (χ0n) is 16.8. The summed E-state index contributed by atoms with van der Waals surface area (Å²) >= 11 is 0. The molecule has 1 aliphatic rings. The van der Waals surface area contributed by atoms with E-state index in [1.54, 1.807) is 6.33 Å². The van der Waals surface area contributed by atoms with Gasteiger partial charge in [0.15, 0.2) is 6.61 Å². The number of ether oxygens (including phenoxy) is 1. The van der Waals surface area contributed by atoms with Crippen LogP contribution in [-0.2, 0) is 17.8 Å². The number of rotatable bonds is 7. The molecule has 7 heteroatoms. The van der Waals surface area contributed by atoms with E-state index >= 15 is 0 Å². The largest absolute Gasteiger partial charge is 0.484 e. The highest BCUT2D eigenvalue weighted by Crippen LogP contribution is 2.22. The molecule has 1 aromatic heterocycles. The van der Waals surface area contributed by atoms with Gasteiger partial charge >= 0.3 is 0 Å². The Hall–Kier alpha value is -3.22. The molecule has 1 amide bonds. The van der Waals surface area contributed by atoms with Gasteiger partial charge in [-0.3, -0.25) is 4.79 Å². The highest BCUT2D eigenvalue weighted by atomic mass is 19.1. The number of aromatic nitrogens is 3. The molecule has 2 heterocycles. The second kappa shape index (κ2) is 9.52. The number of carbonyl (C=O) groups is 1. The minimum atomic E-state index is -0.324. The van der Waals surface area contributed by atoms with Crippen LogP contribution in [0.2, 0.25) is 0 Å². The molecule has 2 aromatic carbocycles. The molecular formula is C23H25FN4O2. The quantitative estimate of drug-likeness (QED) is 0.602. The van der Waals surface area contributed by atoms with Crippen LogP contribution >= 0.6 is 0 Å². The number of halogens is 1. The maximum absolute atomic E-state index is 12.9. The van der Waals surface area contributed by atoms with Crippen LogP contribution in [0, 0.1) is 11.7 Å². The van der Waals surface area contributed by atoms with Crippen molar-refractivity contribution in [2.45, 2.75) is 25.8 Å². The first kappa shape index (κ1) is 20.1. The lowest BCUT2D eigenvalue weighted by Crippen LogP contribution is -2.41. The van der Waals surface area contributed by atoms with E-state index in [2.05, 4.69) is 26.9 Å². The van der Waals surface area contributed by atoms with Crippen molar-refractivity contribution in [3.63, 3.8) is 0 Å². The van der Waals surface area contributed by atoms with Crippen molar-refractivity contribution in [1.82, 2.24) is 19.7 Å². The molecule has 0 saturated carbocycles. The zero-order valence-corrected chi connectivity index (χ0v) is 16.8. The summed E-state index contributed by atoms with van der Waals surface area (Å²) in [4.78, 5) is 14.3. The van der Waals surface area contributed by atoms with Crippen LogP contribution in [0.1, 0.15) is 24.2 Å². The van der Waals surface area contributed by atoms with Gasteiger partial charge in [-0.05, 0) is 48.6 Å². The van der Waals surface area contributed by atoms with Gasteiger partial charge in [0, 0.05) is 19.5 Å². The Morgan fingerprint density at radius 2 is 1.80 bits per heavy atom. The number of likely N-dealkylation sites (tertiary alicyclic amines) is 1. The maximum atomic E-state index is 12.9. The lowest BCUT2D eigenvalue weighted by molar-refractivity contribution is -0.134. The molecule has 0 N–H and O–H groups in total. The van der Waals surface area contributed by atoms with Gasteiger partial charge in [-0.15, -0.1) is 10.2 Å². The van der Waals surface area contributed by atoms with E-state index in [9.17, 15) is 9.18 Å². The van der Waals surface area contributed by atoms with Gasteiger partial charge in [0.1, 0.15) is 23.7 Å². The average Bonchev–Trinajstić information content (AvgIpc) is 3.21. The predicted octanol–water partition coefficient (Wildman–Crippen LogP) is 3.33. The van der Waals surface area contributed by atoms with Crippen molar-refractivity contribution in [3.8, 4) is 5.75 Å². The van der Waals surface area contributed by atoms with Crippen LogP contribution in [0.4, 0.5) is 4.39 Å². The Labute approximate surface area is 175 Å². The van der Waals surface area contributed by atoms with Crippen molar-refractivity contribution < 1.29 is 13.9 Å². The van der Waals surface area contributed by atoms with E-state index in [0.29, 0.717) is 24.8 Å². The Bertz CT molecular complexity index is 951. The Morgan fingerprint density at radius 3 is 2.53 bits per heavy atom. The molecule has 0 radical (unpaired) electrons. The second-order valence-electron chi connectivity index (χ2n) is 7.63. The maximum Gasteiger partial charge on any atom is 0.260 e.